The fraction of sp³-hybridized carbons (Fsp3) is 0.0667. The van der Waals surface area contributed by atoms with Gasteiger partial charge in [-0.05, 0) is 17.7 Å². The summed E-state index contributed by atoms with van der Waals surface area (Å²) in [5, 5.41) is 8.70. The Balaban J connectivity index is 1.58. The molecule has 0 saturated carbocycles. The summed E-state index contributed by atoms with van der Waals surface area (Å²) >= 11 is 0. The number of hydrogen-bond acceptors (Lipinski definition) is 5. The van der Waals surface area contributed by atoms with Gasteiger partial charge in [-0.15, -0.1) is 5.10 Å². The summed E-state index contributed by atoms with van der Waals surface area (Å²) in [7, 11) is 3.20. The van der Waals surface area contributed by atoms with Gasteiger partial charge in [0.05, 0.1) is 0 Å². The Morgan fingerprint density at radius 1 is 0.850 bits per heavy atom. The second-order valence-corrected chi connectivity index (χ2v) is 6.32. The van der Waals surface area contributed by atoms with E-state index < -0.39 is 0 Å². The van der Waals surface area contributed by atoms with E-state index in [1.807, 2.05) is 48.5 Å². The summed E-state index contributed by atoms with van der Waals surface area (Å²) in [6.07, 6.45) is 0. The fourth-order valence-electron chi connectivity index (χ4n) is 1.66. The van der Waals surface area contributed by atoms with Gasteiger partial charge in [-0.2, -0.15) is 0 Å². The largest absolute Gasteiger partial charge is 0.411 e. The number of hydrogen-bond donors (Lipinski definition) is 0. The van der Waals surface area contributed by atoms with Gasteiger partial charge in [0.2, 0.25) is 5.89 Å². The first kappa shape index (κ1) is 13.3. The highest BCUT2D eigenvalue weighted by molar-refractivity contribution is 8.76. The van der Waals surface area contributed by atoms with Crippen molar-refractivity contribution in [2.75, 3.05) is 0 Å². The SMILES string of the molecule is c1ccc(CSSc2nnc(-c3ccccc3)o2)cc1. The van der Waals surface area contributed by atoms with Crippen molar-refractivity contribution in [2.45, 2.75) is 11.0 Å². The van der Waals surface area contributed by atoms with E-state index in [4.69, 9.17) is 4.42 Å². The molecule has 0 aliphatic rings. The van der Waals surface area contributed by atoms with Gasteiger partial charge in [0.15, 0.2) is 0 Å². The summed E-state index contributed by atoms with van der Waals surface area (Å²) in [5.74, 6) is 1.47. The topological polar surface area (TPSA) is 38.9 Å². The third-order valence-electron chi connectivity index (χ3n) is 2.63. The van der Waals surface area contributed by atoms with Crippen molar-refractivity contribution in [2.24, 2.45) is 0 Å². The fourth-order valence-corrected chi connectivity index (χ4v) is 3.43. The Morgan fingerprint density at radius 2 is 1.55 bits per heavy atom. The van der Waals surface area contributed by atoms with Crippen LogP contribution < -0.4 is 0 Å². The molecule has 0 spiro atoms. The standard InChI is InChI=1S/C15H12N2OS2/c1-3-7-12(8-4-1)11-19-20-15-17-16-14(18-15)13-9-5-2-6-10-13/h1-10H,11H2. The van der Waals surface area contributed by atoms with Crippen LogP contribution in [0.4, 0.5) is 0 Å². The Kier molecular flexibility index (Phi) is 4.40. The van der Waals surface area contributed by atoms with Crippen LogP contribution >= 0.6 is 21.6 Å². The second-order valence-electron chi connectivity index (χ2n) is 4.07. The Morgan fingerprint density at radius 3 is 2.30 bits per heavy atom. The zero-order chi connectivity index (χ0) is 13.6. The highest BCUT2D eigenvalue weighted by Crippen LogP contribution is 2.33. The third-order valence-corrected chi connectivity index (χ3v) is 4.64. The minimum atomic E-state index is 0.563. The van der Waals surface area contributed by atoms with Crippen LogP contribution in [-0.2, 0) is 5.75 Å². The Bertz CT molecular complexity index is 656. The van der Waals surface area contributed by atoms with Gasteiger partial charge in [0.1, 0.15) is 0 Å². The van der Waals surface area contributed by atoms with Crippen molar-refractivity contribution in [3.8, 4) is 11.5 Å². The average Bonchev–Trinajstić information content (AvgIpc) is 2.98. The monoisotopic (exact) mass is 300 g/mol. The molecule has 3 aromatic rings. The molecular weight excluding hydrogens is 288 g/mol. The maximum absolute atomic E-state index is 5.63. The number of benzene rings is 2. The first-order valence-corrected chi connectivity index (χ1v) is 8.46. The van der Waals surface area contributed by atoms with Crippen LogP contribution in [0.25, 0.3) is 11.5 Å². The second kappa shape index (κ2) is 6.63. The first-order valence-electron chi connectivity index (χ1n) is 6.14. The van der Waals surface area contributed by atoms with Crippen molar-refractivity contribution < 1.29 is 4.42 Å². The number of nitrogens with zero attached hydrogens (tertiary/aromatic N) is 2. The molecule has 2 aromatic carbocycles. The van der Waals surface area contributed by atoms with E-state index in [0.717, 1.165) is 11.3 Å². The zero-order valence-electron chi connectivity index (χ0n) is 10.6. The highest BCUT2D eigenvalue weighted by atomic mass is 33.1. The van der Waals surface area contributed by atoms with Crippen LogP contribution in [0, 0.1) is 0 Å². The molecule has 0 saturated heterocycles. The lowest BCUT2D eigenvalue weighted by molar-refractivity contribution is 0.467. The molecule has 0 unspecified atom stereocenters. The van der Waals surface area contributed by atoms with E-state index in [0.29, 0.717) is 11.1 Å². The summed E-state index contributed by atoms with van der Waals surface area (Å²) in [6.45, 7) is 0. The lowest BCUT2D eigenvalue weighted by Crippen LogP contribution is -1.76. The van der Waals surface area contributed by atoms with E-state index in [-0.39, 0.29) is 0 Å². The molecule has 0 atom stereocenters. The van der Waals surface area contributed by atoms with Gasteiger partial charge < -0.3 is 4.42 Å². The summed E-state index contributed by atoms with van der Waals surface area (Å²) in [5.41, 5.74) is 2.23. The van der Waals surface area contributed by atoms with E-state index in [2.05, 4.69) is 22.3 Å². The number of aromatic nitrogens is 2. The Hall–Kier alpha value is -1.72. The molecule has 0 fully saturated rings. The third kappa shape index (κ3) is 3.43. The van der Waals surface area contributed by atoms with E-state index >= 15 is 0 Å². The predicted molar refractivity (Wildman–Crippen MR) is 83.3 cm³/mol. The average molecular weight is 300 g/mol. The van der Waals surface area contributed by atoms with Crippen LogP contribution in [0.2, 0.25) is 0 Å². The molecule has 0 radical (unpaired) electrons. The van der Waals surface area contributed by atoms with Crippen LogP contribution in [0.1, 0.15) is 5.56 Å². The normalized spacial score (nSPS) is 10.6. The molecule has 1 aromatic heterocycles. The molecule has 0 aliphatic heterocycles. The molecule has 3 nitrogen and oxygen atoms in total. The van der Waals surface area contributed by atoms with Crippen molar-refractivity contribution >= 4 is 21.6 Å². The lowest BCUT2D eigenvalue weighted by Gasteiger charge is -1.97. The van der Waals surface area contributed by atoms with E-state index in [1.165, 1.54) is 16.4 Å². The predicted octanol–water partition coefficient (Wildman–Crippen LogP) is 4.68. The molecule has 3 rings (SSSR count). The molecule has 0 amide bonds. The quantitative estimate of drug-likeness (QED) is 0.640. The lowest BCUT2D eigenvalue weighted by atomic mass is 10.2. The van der Waals surface area contributed by atoms with Gasteiger partial charge in [0.25, 0.3) is 5.22 Å². The van der Waals surface area contributed by atoms with Crippen LogP contribution in [0.5, 0.6) is 0 Å². The van der Waals surface area contributed by atoms with Crippen molar-refractivity contribution in [1.29, 1.82) is 0 Å². The maximum atomic E-state index is 5.63. The molecular formula is C15H12N2OS2. The van der Waals surface area contributed by atoms with Crippen LogP contribution in [0.3, 0.4) is 0 Å². The van der Waals surface area contributed by atoms with Crippen molar-refractivity contribution in [3.05, 3.63) is 66.2 Å². The molecule has 100 valence electrons. The molecule has 0 aliphatic carbocycles. The minimum absolute atomic E-state index is 0.563. The summed E-state index contributed by atoms with van der Waals surface area (Å²) in [6, 6.07) is 20.1. The van der Waals surface area contributed by atoms with Gasteiger partial charge in [-0.25, -0.2) is 0 Å². The highest BCUT2D eigenvalue weighted by Gasteiger charge is 2.08. The van der Waals surface area contributed by atoms with Crippen molar-refractivity contribution in [1.82, 2.24) is 10.2 Å². The molecule has 20 heavy (non-hydrogen) atoms. The van der Waals surface area contributed by atoms with Crippen LogP contribution in [0.15, 0.2) is 70.3 Å². The molecule has 0 N–H and O–H groups in total. The zero-order valence-corrected chi connectivity index (χ0v) is 12.2. The summed E-state index contributed by atoms with van der Waals surface area (Å²) in [4.78, 5) is 0. The molecule has 1 heterocycles. The Labute approximate surface area is 125 Å². The molecule has 0 bridgehead atoms. The van der Waals surface area contributed by atoms with Gasteiger partial charge >= 0.3 is 0 Å². The molecule has 5 heteroatoms. The smallest absolute Gasteiger partial charge is 0.287 e. The van der Waals surface area contributed by atoms with Crippen molar-refractivity contribution in [3.63, 3.8) is 0 Å². The van der Waals surface area contributed by atoms with E-state index in [9.17, 15) is 0 Å². The van der Waals surface area contributed by atoms with E-state index in [1.54, 1.807) is 10.8 Å². The number of rotatable bonds is 5. The first-order chi connectivity index (χ1) is 9.92. The van der Waals surface area contributed by atoms with Crippen LogP contribution in [-0.4, -0.2) is 10.2 Å². The summed E-state index contributed by atoms with van der Waals surface area (Å²) < 4.78 is 5.63. The minimum Gasteiger partial charge on any atom is -0.411 e. The van der Waals surface area contributed by atoms with Gasteiger partial charge in [0, 0.05) is 22.1 Å². The maximum Gasteiger partial charge on any atom is 0.287 e. The van der Waals surface area contributed by atoms with Gasteiger partial charge in [-0.1, -0.05) is 64.4 Å². The van der Waals surface area contributed by atoms with Gasteiger partial charge in [-0.3, -0.25) is 0 Å².